The van der Waals surface area contributed by atoms with Crippen LogP contribution in [-0.2, 0) is 0 Å². The molecule has 1 unspecified atom stereocenters. The quantitative estimate of drug-likeness (QED) is 0.186. The Morgan fingerprint density at radius 3 is 1.66 bits per heavy atom. The van der Waals surface area contributed by atoms with Gasteiger partial charge in [0.25, 0.3) is 11.8 Å². The molecule has 4 aromatic rings. The zero-order chi connectivity index (χ0) is 33.1. The Hall–Kier alpha value is -3.94. The third-order valence-corrected chi connectivity index (χ3v) is 8.23. The maximum atomic E-state index is 6.30. The predicted molar refractivity (Wildman–Crippen MR) is 197 cm³/mol. The summed E-state index contributed by atoms with van der Waals surface area (Å²) in [4.78, 5) is 6.51. The summed E-state index contributed by atoms with van der Waals surface area (Å²) in [6, 6.07) is 8.66. The van der Waals surface area contributed by atoms with Crippen LogP contribution < -0.4 is 30.7 Å². The number of fused-ring (bicyclic) bond motifs is 2. The molecule has 0 aromatic carbocycles. The summed E-state index contributed by atoms with van der Waals surface area (Å²) in [5.41, 5.74) is 17.5. The minimum atomic E-state index is 0. The molecule has 13 heteroatoms. The monoisotopic (exact) mass is 656 g/mol. The van der Waals surface area contributed by atoms with E-state index in [1.807, 2.05) is 74.6 Å². The second-order valence-corrected chi connectivity index (χ2v) is 14.2. The molecule has 1 aliphatic heterocycles. The lowest BCUT2D eigenvalue weighted by molar-refractivity contribution is -0.893. The van der Waals surface area contributed by atoms with Crippen molar-refractivity contribution in [3.05, 3.63) is 51.5 Å². The lowest BCUT2D eigenvalue weighted by Crippen LogP contribution is -2.46. The fourth-order valence-electron chi connectivity index (χ4n) is 5.44. The molecule has 0 aliphatic carbocycles. The number of rotatable bonds is 11. The van der Waals surface area contributed by atoms with Gasteiger partial charge in [-0.3, -0.25) is 4.90 Å². The first-order valence-corrected chi connectivity index (χ1v) is 15.5. The molecular formula is C34H61N11O2. The second kappa shape index (κ2) is 15.8. The minimum Gasteiger partial charge on any atom is -0.474 e. The van der Waals surface area contributed by atoms with Gasteiger partial charge in [0.05, 0.1) is 60.2 Å². The van der Waals surface area contributed by atoms with Gasteiger partial charge >= 0.3 is 0 Å². The molecule has 1 fully saturated rings. The molecule has 1 saturated heterocycles. The molecule has 4 aromatic heterocycles. The summed E-state index contributed by atoms with van der Waals surface area (Å²) in [6.07, 6.45) is 5.02. The van der Waals surface area contributed by atoms with Crippen LogP contribution in [0, 0.1) is 14.9 Å². The Morgan fingerprint density at radius 1 is 0.787 bits per heavy atom. The maximum Gasteiger partial charge on any atom is 0.257 e. The van der Waals surface area contributed by atoms with Crippen molar-refractivity contribution < 1.29 is 18.4 Å². The van der Waals surface area contributed by atoms with Crippen LogP contribution in [-0.4, -0.2) is 149 Å². The normalized spacial score (nSPS) is 15.1. The lowest BCUT2D eigenvalue weighted by atomic mass is 10.2. The highest BCUT2D eigenvalue weighted by molar-refractivity contribution is 5.88. The fraction of sp³-hybridized carbons (Fsp3) is 0.529. The molecule has 1 atom stereocenters. The number of quaternary nitrogens is 2. The van der Waals surface area contributed by atoms with Gasteiger partial charge in [-0.1, -0.05) is 0 Å². The summed E-state index contributed by atoms with van der Waals surface area (Å²) in [6.45, 7) is 5.26. The number of aromatic nitrogens is 4. The Balaban J connectivity index is 0.000000321. The number of nitrogen functional groups attached to an aromatic ring is 2. The van der Waals surface area contributed by atoms with Crippen molar-refractivity contribution in [2.24, 2.45) is 0 Å². The molecule has 4 N–H and O–H groups in total. The molecule has 5 rings (SSSR count). The van der Waals surface area contributed by atoms with Gasteiger partial charge < -0.3 is 54.6 Å². The Kier molecular flexibility index (Phi) is 13.2. The van der Waals surface area contributed by atoms with Crippen LogP contribution in [0.5, 0.6) is 11.8 Å². The molecule has 0 spiro atoms. The lowest BCUT2D eigenvalue weighted by Gasteiger charge is -2.31. The summed E-state index contributed by atoms with van der Waals surface area (Å²) >= 11 is 0. The van der Waals surface area contributed by atoms with Crippen molar-refractivity contribution in [3.63, 3.8) is 0 Å². The second-order valence-electron chi connectivity index (χ2n) is 14.2. The van der Waals surface area contributed by atoms with Crippen LogP contribution in [0.15, 0.2) is 36.7 Å². The Labute approximate surface area is 283 Å². The van der Waals surface area contributed by atoms with E-state index >= 15 is 0 Å². The molecule has 1 aliphatic rings. The molecule has 0 amide bonds. The van der Waals surface area contributed by atoms with Gasteiger partial charge in [-0.05, 0) is 24.3 Å². The zero-order valence-electron chi connectivity index (χ0n) is 31.0. The SMILES string of the molecule is CN(C)c1cccn2nc(OCCN3CCC([N+](C)(C)C)C3)c(N)c12.CN(C)c1cccn2nc(OCC[N+](C)(C)C)c(N)c12.[CH3-].[CH3-]. The van der Waals surface area contributed by atoms with Crippen LogP contribution in [0.1, 0.15) is 6.42 Å². The highest BCUT2D eigenvalue weighted by Gasteiger charge is 2.32. The Bertz CT molecular complexity index is 1560. The van der Waals surface area contributed by atoms with Crippen molar-refractivity contribution in [1.29, 1.82) is 0 Å². The van der Waals surface area contributed by atoms with Crippen molar-refractivity contribution in [1.82, 2.24) is 24.1 Å². The van der Waals surface area contributed by atoms with Crippen LogP contribution in [0.4, 0.5) is 22.7 Å². The number of anilines is 4. The van der Waals surface area contributed by atoms with E-state index in [4.69, 9.17) is 20.9 Å². The first-order chi connectivity index (χ1) is 21.1. The van der Waals surface area contributed by atoms with Crippen molar-refractivity contribution in [2.45, 2.75) is 12.5 Å². The van der Waals surface area contributed by atoms with Crippen LogP contribution in [0.3, 0.4) is 0 Å². The van der Waals surface area contributed by atoms with E-state index in [9.17, 15) is 0 Å². The molecule has 0 radical (unpaired) electrons. The van der Waals surface area contributed by atoms with Crippen LogP contribution in [0.2, 0.25) is 0 Å². The third-order valence-electron chi connectivity index (χ3n) is 8.23. The fourth-order valence-corrected chi connectivity index (χ4v) is 5.44. The summed E-state index contributed by atoms with van der Waals surface area (Å²) in [5.74, 6) is 1.03. The first kappa shape index (κ1) is 39.2. The molecule has 5 heterocycles. The highest BCUT2D eigenvalue weighted by Crippen LogP contribution is 2.33. The molecule has 264 valence electrons. The average Bonchev–Trinajstić information content (AvgIpc) is 3.65. The summed E-state index contributed by atoms with van der Waals surface area (Å²) < 4.78 is 17.1. The zero-order valence-corrected chi connectivity index (χ0v) is 31.0. The van der Waals surface area contributed by atoms with E-state index in [2.05, 4.69) is 57.4 Å². The largest absolute Gasteiger partial charge is 0.474 e. The minimum absolute atomic E-state index is 0. The van der Waals surface area contributed by atoms with E-state index in [0.717, 1.165) is 57.6 Å². The molecule has 0 bridgehead atoms. The van der Waals surface area contributed by atoms with E-state index < -0.39 is 0 Å². The molecule has 13 nitrogen and oxygen atoms in total. The average molecular weight is 656 g/mol. The van der Waals surface area contributed by atoms with Gasteiger partial charge in [0.2, 0.25) is 0 Å². The number of nitrogens with two attached hydrogens (primary N) is 2. The standard InChI is InChI=1S/C18H31N6O.C14H24N5O.2CH3/c1-21(2)15-7-6-9-23-17(15)16(19)18(20-23)25-12-11-22-10-8-14(13-22)24(3,4)5;1-17(2)11-7-6-8-18-13(11)12(15)14(16-18)20-10-9-19(3,4)5;;/h6-7,9,14H,8,10-13,19H2,1-5H3;6-8H,9-10,15H2,1-5H3;2*1H3/q2*+1;2*-1. The maximum absolute atomic E-state index is 6.30. The van der Waals surface area contributed by atoms with E-state index in [1.165, 1.54) is 6.42 Å². The topological polar surface area (TPSA) is 115 Å². The third kappa shape index (κ3) is 9.55. The van der Waals surface area contributed by atoms with Crippen molar-refractivity contribution in [2.75, 3.05) is 131 Å². The number of hydrogen-bond donors (Lipinski definition) is 2. The van der Waals surface area contributed by atoms with Gasteiger partial charge in [-0.15, -0.1) is 10.2 Å². The molecule has 0 saturated carbocycles. The van der Waals surface area contributed by atoms with Gasteiger partial charge in [-0.25, -0.2) is 9.03 Å². The van der Waals surface area contributed by atoms with E-state index in [1.54, 1.807) is 9.03 Å². The molecule has 47 heavy (non-hydrogen) atoms. The van der Waals surface area contributed by atoms with Gasteiger partial charge in [0.15, 0.2) is 0 Å². The molecular weight excluding hydrogens is 594 g/mol. The number of likely N-dealkylation sites (tertiary alicyclic amines) is 1. The van der Waals surface area contributed by atoms with Gasteiger partial charge in [0, 0.05) is 60.1 Å². The predicted octanol–water partition coefficient (Wildman–Crippen LogP) is 3.11. The highest BCUT2D eigenvalue weighted by atomic mass is 16.5. The smallest absolute Gasteiger partial charge is 0.257 e. The summed E-state index contributed by atoms with van der Waals surface area (Å²) in [5, 5.41) is 8.91. The number of ether oxygens (including phenoxy) is 2. The number of likely N-dealkylation sites (N-methyl/N-ethyl adjacent to an activating group) is 2. The van der Waals surface area contributed by atoms with Gasteiger partial charge in [-0.2, -0.15) is 0 Å². The van der Waals surface area contributed by atoms with Crippen molar-refractivity contribution in [3.8, 4) is 11.8 Å². The Morgan fingerprint density at radius 2 is 1.26 bits per heavy atom. The van der Waals surface area contributed by atoms with Crippen molar-refractivity contribution >= 4 is 33.8 Å². The van der Waals surface area contributed by atoms with E-state index in [-0.39, 0.29) is 14.9 Å². The summed E-state index contributed by atoms with van der Waals surface area (Å²) in [7, 11) is 21.2. The first-order valence-electron chi connectivity index (χ1n) is 15.5. The van der Waals surface area contributed by atoms with Crippen LogP contribution >= 0.6 is 0 Å². The van der Waals surface area contributed by atoms with Gasteiger partial charge in [0.1, 0.15) is 48.2 Å². The number of pyridine rings is 2. The number of hydrogen-bond acceptors (Lipinski definition) is 9. The number of nitrogens with zero attached hydrogens (tertiary/aromatic N) is 9. The van der Waals surface area contributed by atoms with Crippen LogP contribution in [0.25, 0.3) is 11.0 Å². The van der Waals surface area contributed by atoms with E-state index in [0.29, 0.717) is 42.4 Å².